The molecule has 0 aromatic heterocycles. The van der Waals surface area contributed by atoms with Gasteiger partial charge in [-0.05, 0) is 12.1 Å². The van der Waals surface area contributed by atoms with Gasteiger partial charge in [0.05, 0.1) is 5.69 Å². The SMILES string of the molecule is C=CC1CC(=O)N(c2cccc(F)c2Cl)C1. The van der Waals surface area contributed by atoms with E-state index in [-0.39, 0.29) is 16.8 Å². The minimum absolute atomic E-state index is 0.000521. The lowest BCUT2D eigenvalue weighted by Gasteiger charge is -2.17. The molecule has 0 radical (unpaired) electrons. The van der Waals surface area contributed by atoms with Gasteiger partial charge in [-0.2, -0.15) is 0 Å². The van der Waals surface area contributed by atoms with Gasteiger partial charge in [-0.15, -0.1) is 6.58 Å². The number of benzene rings is 1. The number of hydrogen-bond acceptors (Lipinski definition) is 1. The zero-order valence-corrected chi connectivity index (χ0v) is 9.38. The molecule has 1 fully saturated rings. The molecule has 1 heterocycles. The Kier molecular flexibility index (Phi) is 2.97. The van der Waals surface area contributed by atoms with Crippen LogP contribution in [0.1, 0.15) is 6.42 Å². The van der Waals surface area contributed by atoms with Gasteiger partial charge in [0.15, 0.2) is 0 Å². The fourth-order valence-corrected chi connectivity index (χ4v) is 2.05. The zero-order chi connectivity index (χ0) is 11.7. The van der Waals surface area contributed by atoms with Crippen molar-refractivity contribution in [2.45, 2.75) is 6.42 Å². The number of hydrogen-bond donors (Lipinski definition) is 0. The highest BCUT2D eigenvalue weighted by Crippen LogP contribution is 2.32. The Bertz CT molecular complexity index is 447. The highest BCUT2D eigenvalue weighted by atomic mass is 35.5. The van der Waals surface area contributed by atoms with Gasteiger partial charge in [-0.25, -0.2) is 4.39 Å². The molecule has 84 valence electrons. The first-order valence-corrected chi connectivity index (χ1v) is 5.38. The van der Waals surface area contributed by atoms with Crippen LogP contribution in [0.5, 0.6) is 0 Å². The molecule has 16 heavy (non-hydrogen) atoms. The van der Waals surface area contributed by atoms with Crippen LogP contribution in [0, 0.1) is 11.7 Å². The second-order valence-corrected chi connectivity index (χ2v) is 4.16. The largest absolute Gasteiger partial charge is 0.310 e. The van der Waals surface area contributed by atoms with Gasteiger partial charge in [0.25, 0.3) is 0 Å². The molecule has 0 saturated carbocycles. The Morgan fingerprint density at radius 2 is 2.31 bits per heavy atom. The molecule has 0 aliphatic carbocycles. The first-order valence-electron chi connectivity index (χ1n) is 5.00. The second-order valence-electron chi connectivity index (χ2n) is 3.78. The lowest BCUT2D eigenvalue weighted by atomic mass is 10.1. The van der Waals surface area contributed by atoms with E-state index >= 15 is 0 Å². The fraction of sp³-hybridized carbons (Fsp3) is 0.250. The topological polar surface area (TPSA) is 20.3 Å². The van der Waals surface area contributed by atoms with Crippen molar-refractivity contribution < 1.29 is 9.18 Å². The van der Waals surface area contributed by atoms with E-state index in [0.717, 1.165) is 0 Å². The van der Waals surface area contributed by atoms with E-state index in [4.69, 9.17) is 11.6 Å². The molecule has 2 nitrogen and oxygen atoms in total. The normalized spacial score (nSPS) is 20.2. The molecule has 1 atom stereocenters. The summed E-state index contributed by atoms with van der Waals surface area (Å²) in [6, 6.07) is 4.47. The van der Waals surface area contributed by atoms with E-state index in [1.54, 1.807) is 18.2 Å². The molecular formula is C12H11ClFNO. The van der Waals surface area contributed by atoms with Crippen LogP contribution in [-0.4, -0.2) is 12.5 Å². The number of amides is 1. The van der Waals surface area contributed by atoms with Crippen molar-refractivity contribution in [3.05, 3.63) is 41.7 Å². The summed E-state index contributed by atoms with van der Waals surface area (Å²) in [4.78, 5) is 13.2. The zero-order valence-electron chi connectivity index (χ0n) is 8.62. The Morgan fingerprint density at radius 3 is 2.94 bits per heavy atom. The fourth-order valence-electron chi connectivity index (χ4n) is 1.83. The van der Waals surface area contributed by atoms with Crippen molar-refractivity contribution in [2.24, 2.45) is 5.92 Å². The van der Waals surface area contributed by atoms with Crippen molar-refractivity contribution in [3.63, 3.8) is 0 Å². The van der Waals surface area contributed by atoms with Crippen molar-refractivity contribution in [2.75, 3.05) is 11.4 Å². The number of nitrogens with zero attached hydrogens (tertiary/aromatic N) is 1. The summed E-state index contributed by atoms with van der Waals surface area (Å²) in [6.45, 7) is 4.18. The molecular weight excluding hydrogens is 229 g/mol. The summed E-state index contributed by atoms with van der Waals surface area (Å²) in [7, 11) is 0. The van der Waals surface area contributed by atoms with E-state index in [9.17, 15) is 9.18 Å². The van der Waals surface area contributed by atoms with Gasteiger partial charge in [0, 0.05) is 18.9 Å². The first-order chi connectivity index (χ1) is 7.63. The summed E-state index contributed by atoms with van der Waals surface area (Å²) in [5, 5.41) is 0.000521. The van der Waals surface area contributed by atoms with Crippen molar-refractivity contribution in [3.8, 4) is 0 Å². The molecule has 0 bridgehead atoms. The van der Waals surface area contributed by atoms with Crippen LogP contribution in [-0.2, 0) is 4.79 Å². The lowest BCUT2D eigenvalue weighted by Crippen LogP contribution is -2.24. The van der Waals surface area contributed by atoms with Crippen LogP contribution >= 0.6 is 11.6 Å². The standard InChI is InChI=1S/C12H11ClFNO/c1-2-8-6-11(16)15(7-8)10-5-3-4-9(14)12(10)13/h2-5,8H,1,6-7H2. The van der Waals surface area contributed by atoms with Crippen LogP contribution in [0.15, 0.2) is 30.9 Å². The van der Waals surface area contributed by atoms with E-state index in [0.29, 0.717) is 18.7 Å². The molecule has 1 saturated heterocycles. The van der Waals surface area contributed by atoms with Crippen molar-refractivity contribution >= 4 is 23.2 Å². The summed E-state index contributed by atoms with van der Waals surface area (Å²) in [6.07, 6.45) is 2.15. The Hall–Kier alpha value is -1.35. The maximum atomic E-state index is 13.2. The summed E-state index contributed by atoms with van der Waals surface area (Å²) < 4.78 is 13.2. The van der Waals surface area contributed by atoms with Crippen LogP contribution in [0.3, 0.4) is 0 Å². The minimum atomic E-state index is -0.506. The molecule has 1 amide bonds. The van der Waals surface area contributed by atoms with E-state index in [1.807, 2.05) is 0 Å². The Balaban J connectivity index is 2.35. The first kappa shape index (κ1) is 11.1. The van der Waals surface area contributed by atoms with Gasteiger partial charge in [-0.1, -0.05) is 23.7 Å². The molecule has 1 aromatic rings. The van der Waals surface area contributed by atoms with Gasteiger partial charge >= 0.3 is 0 Å². The van der Waals surface area contributed by atoms with E-state index in [1.165, 1.54) is 11.0 Å². The van der Waals surface area contributed by atoms with Crippen molar-refractivity contribution in [1.29, 1.82) is 0 Å². The van der Waals surface area contributed by atoms with Crippen LogP contribution in [0.4, 0.5) is 10.1 Å². The maximum Gasteiger partial charge on any atom is 0.227 e. The quantitative estimate of drug-likeness (QED) is 0.727. The molecule has 1 aliphatic heterocycles. The highest BCUT2D eigenvalue weighted by molar-refractivity contribution is 6.34. The molecule has 0 N–H and O–H groups in total. The van der Waals surface area contributed by atoms with Crippen molar-refractivity contribution in [1.82, 2.24) is 0 Å². The van der Waals surface area contributed by atoms with Crippen LogP contribution in [0.25, 0.3) is 0 Å². The Labute approximate surface area is 98.3 Å². The number of carbonyl (C=O) groups excluding carboxylic acids is 1. The molecule has 1 aliphatic rings. The maximum absolute atomic E-state index is 13.2. The number of carbonyl (C=O) groups is 1. The summed E-state index contributed by atoms with van der Waals surface area (Å²) >= 11 is 5.83. The Morgan fingerprint density at radius 1 is 1.56 bits per heavy atom. The third kappa shape index (κ3) is 1.83. The number of rotatable bonds is 2. The molecule has 1 aromatic carbocycles. The minimum Gasteiger partial charge on any atom is -0.310 e. The summed E-state index contributed by atoms with van der Waals surface area (Å²) in [5.41, 5.74) is 0.441. The predicted octanol–water partition coefficient (Wildman–Crippen LogP) is 3.02. The lowest BCUT2D eigenvalue weighted by molar-refractivity contribution is -0.117. The van der Waals surface area contributed by atoms with E-state index < -0.39 is 5.82 Å². The number of anilines is 1. The highest BCUT2D eigenvalue weighted by Gasteiger charge is 2.30. The average Bonchev–Trinajstić information content (AvgIpc) is 2.64. The van der Waals surface area contributed by atoms with Crippen LogP contribution < -0.4 is 4.90 Å². The summed E-state index contributed by atoms with van der Waals surface area (Å²) in [5.74, 6) is -0.432. The van der Waals surface area contributed by atoms with Crippen LogP contribution in [0.2, 0.25) is 5.02 Å². The molecule has 1 unspecified atom stereocenters. The average molecular weight is 240 g/mol. The molecule has 2 rings (SSSR count). The third-order valence-electron chi connectivity index (χ3n) is 2.71. The number of halogens is 2. The molecule has 4 heteroatoms. The van der Waals surface area contributed by atoms with Gasteiger partial charge in [0.2, 0.25) is 5.91 Å². The molecule has 0 spiro atoms. The second kappa shape index (κ2) is 4.26. The smallest absolute Gasteiger partial charge is 0.227 e. The van der Waals surface area contributed by atoms with E-state index in [2.05, 4.69) is 6.58 Å². The van der Waals surface area contributed by atoms with Gasteiger partial charge < -0.3 is 4.90 Å². The third-order valence-corrected chi connectivity index (χ3v) is 3.08. The monoisotopic (exact) mass is 239 g/mol. The van der Waals surface area contributed by atoms with Gasteiger partial charge in [-0.3, -0.25) is 4.79 Å². The van der Waals surface area contributed by atoms with Gasteiger partial charge in [0.1, 0.15) is 10.8 Å². The predicted molar refractivity (Wildman–Crippen MR) is 62.1 cm³/mol.